The lowest BCUT2D eigenvalue weighted by Crippen LogP contribution is -2.59. The number of aromatic nitrogens is 4. The predicted octanol–water partition coefficient (Wildman–Crippen LogP) is -1.56. The van der Waals surface area contributed by atoms with E-state index in [2.05, 4.69) is 15.3 Å². The van der Waals surface area contributed by atoms with E-state index in [0.717, 1.165) is 5.69 Å². The van der Waals surface area contributed by atoms with Crippen LogP contribution in [0.25, 0.3) is 0 Å². The van der Waals surface area contributed by atoms with Crippen LogP contribution in [0.1, 0.15) is 17.8 Å². The number of rotatable bonds is 10. The fraction of sp³-hybridized carbons (Fsp3) is 0.611. The van der Waals surface area contributed by atoms with Crippen LogP contribution >= 0.6 is 0 Å². The van der Waals surface area contributed by atoms with Gasteiger partial charge >= 0.3 is 0 Å². The molecule has 1 aliphatic heterocycles. The summed E-state index contributed by atoms with van der Waals surface area (Å²) in [5.74, 6) is 0. The number of hydrogen-bond acceptors (Lipinski definition) is 10. The Morgan fingerprint density at radius 2 is 1.93 bits per heavy atom. The monoisotopic (exact) mass is 410 g/mol. The lowest BCUT2D eigenvalue weighted by atomic mass is 9.99. The van der Waals surface area contributed by atoms with Crippen LogP contribution in [0.5, 0.6) is 0 Å². The highest BCUT2D eigenvalue weighted by Crippen LogP contribution is 2.21. The fourth-order valence-corrected chi connectivity index (χ4v) is 2.88. The number of pyridine rings is 1. The maximum absolute atomic E-state index is 9.89. The molecule has 0 amide bonds. The molecule has 1 aliphatic rings. The van der Waals surface area contributed by atoms with Crippen molar-refractivity contribution < 1.29 is 34.6 Å². The van der Waals surface area contributed by atoms with Gasteiger partial charge in [0.15, 0.2) is 6.29 Å². The minimum Gasteiger partial charge on any atom is -0.394 e. The van der Waals surface area contributed by atoms with Crippen LogP contribution in [0.4, 0.5) is 0 Å². The summed E-state index contributed by atoms with van der Waals surface area (Å²) in [5.41, 5.74) is 1.57. The van der Waals surface area contributed by atoms with Crippen molar-refractivity contribution in [2.24, 2.45) is 0 Å². The normalized spacial score (nSPS) is 27.2. The highest BCUT2D eigenvalue weighted by atomic mass is 16.7. The van der Waals surface area contributed by atoms with Crippen LogP contribution in [0.3, 0.4) is 0 Å². The Bertz CT molecular complexity index is 730. The van der Waals surface area contributed by atoms with Gasteiger partial charge in [-0.15, -0.1) is 5.10 Å². The average Bonchev–Trinajstić information content (AvgIpc) is 3.18. The maximum atomic E-state index is 9.89. The molecule has 0 bridgehead atoms. The molecule has 2 aromatic rings. The Kier molecular flexibility index (Phi) is 8.00. The smallest absolute Gasteiger partial charge is 0.186 e. The molecule has 4 N–H and O–H groups in total. The van der Waals surface area contributed by atoms with Crippen LogP contribution in [-0.4, -0.2) is 90.9 Å². The number of aliphatic hydroxyl groups is 4. The molecule has 5 atom stereocenters. The van der Waals surface area contributed by atoms with Crippen molar-refractivity contribution >= 4 is 0 Å². The summed E-state index contributed by atoms with van der Waals surface area (Å²) in [5, 5.41) is 46.6. The topological polar surface area (TPSA) is 152 Å². The molecule has 0 spiro atoms. The van der Waals surface area contributed by atoms with E-state index >= 15 is 0 Å². The Morgan fingerprint density at radius 3 is 2.69 bits per heavy atom. The van der Waals surface area contributed by atoms with Crippen LogP contribution in [0, 0.1) is 0 Å². The Balaban J connectivity index is 1.32. The molecule has 11 nitrogen and oxygen atoms in total. The summed E-state index contributed by atoms with van der Waals surface area (Å²) >= 11 is 0. The summed E-state index contributed by atoms with van der Waals surface area (Å²) < 4.78 is 17.9. The largest absolute Gasteiger partial charge is 0.394 e. The first-order chi connectivity index (χ1) is 14.1. The van der Waals surface area contributed by atoms with E-state index in [0.29, 0.717) is 31.9 Å². The van der Waals surface area contributed by atoms with Gasteiger partial charge in [0, 0.05) is 12.8 Å². The standard InChI is InChI=1S/C18H26N4O7/c23-10-14-15(24)16(25)17(26)18(29-14)28-7-3-6-27-11-13-9-22(21-20-13)8-12-4-1-2-5-19-12/h1-2,4-5,9,14-18,23-26H,3,6-8,10-11H2. The third-order valence-corrected chi connectivity index (χ3v) is 4.45. The molecule has 160 valence electrons. The summed E-state index contributed by atoms with van der Waals surface area (Å²) in [6.07, 6.45) is -2.33. The number of ether oxygens (including phenoxy) is 3. The molecule has 0 aromatic carbocycles. The van der Waals surface area contributed by atoms with Crippen molar-refractivity contribution in [3.63, 3.8) is 0 Å². The number of aliphatic hydroxyl groups excluding tert-OH is 4. The first-order valence-corrected chi connectivity index (χ1v) is 9.37. The summed E-state index contributed by atoms with van der Waals surface area (Å²) in [6.45, 7) is 0.914. The second-order valence-electron chi connectivity index (χ2n) is 6.70. The van der Waals surface area contributed by atoms with Crippen LogP contribution < -0.4 is 0 Å². The minimum absolute atomic E-state index is 0.203. The van der Waals surface area contributed by atoms with Crippen molar-refractivity contribution in [2.45, 2.75) is 50.3 Å². The molecule has 2 aromatic heterocycles. The highest BCUT2D eigenvalue weighted by Gasteiger charge is 2.43. The average molecular weight is 410 g/mol. The zero-order chi connectivity index (χ0) is 20.6. The van der Waals surface area contributed by atoms with Crippen molar-refractivity contribution in [2.75, 3.05) is 19.8 Å². The van der Waals surface area contributed by atoms with Gasteiger partial charge in [-0.2, -0.15) is 0 Å². The molecule has 0 saturated carbocycles. The van der Waals surface area contributed by atoms with Crippen molar-refractivity contribution in [1.29, 1.82) is 0 Å². The lowest BCUT2D eigenvalue weighted by Gasteiger charge is -2.39. The van der Waals surface area contributed by atoms with E-state index in [9.17, 15) is 15.3 Å². The molecule has 0 radical (unpaired) electrons. The van der Waals surface area contributed by atoms with E-state index in [1.807, 2.05) is 18.2 Å². The van der Waals surface area contributed by atoms with Crippen molar-refractivity contribution in [1.82, 2.24) is 20.0 Å². The first-order valence-electron chi connectivity index (χ1n) is 9.37. The Hall–Kier alpha value is -1.99. The van der Waals surface area contributed by atoms with Gasteiger partial charge in [-0.3, -0.25) is 4.98 Å². The number of hydrogen-bond donors (Lipinski definition) is 4. The Labute approximate surface area is 167 Å². The SMILES string of the molecule is OCC1OC(OCCCOCc2cn(Cc3ccccn3)nn2)C(O)C(O)C1O. The van der Waals surface area contributed by atoms with Gasteiger partial charge in [0.2, 0.25) is 0 Å². The van der Waals surface area contributed by atoms with Gasteiger partial charge in [-0.25, -0.2) is 4.68 Å². The van der Waals surface area contributed by atoms with E-state index in [1.165, 1.54) is 0 Å². The zero-order valence-corrected chi connectivity index (χ0v) is 15.8. The first kappa shape index (κ1) is 21.7. The second kappa shape index (κ2) is 10.7. The molecule has 1 saturated heterocycles. The molecule has 1 fully saturated rings. The van der Waals surface area contributed by atoms with Gasteiger partial charge in [-0.1, -0.05) is 11.3 Å². The molecule has 3 heterocycles. The second-order valence-corrected chi connectivity index (χ2v) is 6.70. The van der Waals surface area contributed by atoms with Gasteiger partial charge < -0.3 is 34.6 Å². The Morgan fingerprint density at radius 1 is 1.07 bits per heavy atom. The molecule has 29 heavy (non-hydrogen) atoms. The van der Waals surface area contributed by atoms with Gasteiger partial charge in [-0.05, 0) is 18.6 Å². The summed E-state index contributed by atoms with van der Waals surface area (Å²) in [7, 11) is 0. The van der Waals surface area contributed by atoms with E-state index in [4.69, 9.17) is 19.3 Å². The predicted molar refractivity (Wildman–Crippen MR) is 97.4 cm³/mol. The van der Waals surface area contributed by atoms with Crippen LogP contribution in [0.2, 0.25) is 0 Å². The molecule has 11 heteroatoms. The van der Waals surface area contributed by atoms with Crippen molar-refractivity contribution in [3.8, 4) is 0 Å². The molecular weight excluding hydrogens is 384 g/mol. The summed E-state index contributed by atoms with van der Waals surface area (Å²) in [4.78, 5) is 4.24. The molecule has 3 rings (SSSR count). The van der Waals surface area contributed by atoms with E-state index < -0.39 is 37.3 Å². The van der Waals surface area contributed by atoms with Gasteiger partial charge in [0.05, 0.1) is 38.3 Å². The van der Waals surface area contributed by atoms with Crippen LogP contribution in [0.15, 0.2) is 30.6 Å². The molecule has 0 aliphatic carbocycles. The molecular formula is C18H26N4O7. The summed E-state index contributed by atoms with van der Waals surface area (Å²) in [6, 6.07) is 5.67. The highest BCUT2D eigenvalue weighted by molar-refractivity contribution is 5.04. The van der Waals surface area contributed by atoms with Crippen molar-refractivity contribution in [3.05, 3.63) is 42.0 Å². The van der Waals surface area contributed by atoms with E-state index in [-0.39, 0.29) is 6.61 Å². The molecule has 5 unspecified atom stereocenters. The lowest BCUT2D eigenvalue weighted by molar-refractivity contribution is -0.301. The minimum atomic E-state index is -1.45. The quantitative estimate of drug-likeness (QED) is 0.339. The third kappa shape index (κ3) is 6.00. The van der Waals surface area contributed by atoms with Gasteiger partial charge in [0.1, 0.15) is 30.1 Å². The number of nitrogens with zero attached hydrogens (tertiary/aromatic N) is 4. The van der Waals surface area contributed by atoms with Crippen LogP contribution in [-0.2, 0) is 27.4 Å². The fourth-order valence-electron chi connectivity index (χ4n) is 2.88. The maximum Gasteiger partial charge on any atom is 0.186 e. The van der Waals surface area contributed by atoms with Gasteiger partial charge in [0.25, 0.3) is 0 Å². The zero-order valence-electron chi connectivity index (χ0n) is 15.8. The van der Waals surface area contributed by atoms with E-state index in [1.54, 1.807) is 17.1 Å². The third-order valence-electron chi connectivity index (χ3n) is 4.45.